The van der Waals surface area contributed by atoms with Gasteiger partial charge in [-0.05, 0) is 48.2 Å². The smallest absolute Gasteiger partial charge is 0.265 e. The molecule has 2 aromatic rings. The van der Waals surface area contributed by atoms with Crippen LogP contribution < -0.4 is 0 Å². The van der Waals surface area contributed by atoms with Crippen LogP contribution in [0.25, 0.3) is 0 Å². The fourth-order valence-corrected chi connectivity index (χ4v) is 4.10. The number of sulfonamides is 1. The minimum Gasteiger partial charge on any atom is -0.299 e. The molecule has 1 N–H and O–H groups in total. The Morgan fingerprint density at radius 2 is 1.52 bits per heavy atom. The van der Waals surface area contributed by atoms with Crippen LogP contribution in [0.1, 0.15) is 11.1 Å². The number of benzene rings is 2. The van der Waals surface area contributed by atoms with Crippen LogP contribution in [0.15, 0.2) is 57.9 Å². The second-order valence-corrected chi connectivity index (χ2v) is 7.77. The Kier molecular flexibility index (Phi) is 3.88. The van der Waals surface area contributed by atoms with Crippen LogP contribution >= 0.6 is 15.9 Å². The summed E-state index contributed by atoms with van der Waals surface area (Å²) >= 11 is 3.26. The van der Waals surface area contributed by atoms with Crippen molar-refractivity contribution in [3.05, 3.63) is 64.1 Å². The highest BCUT2D eigenvalue weighted by molar-refractivity contribution is 9.10. The summed E-state index contributed by atoms with van der Waals surface area (Å²) in [5.74, 6) is 0. The largest absolute Gasteiger partial charge is 0.299 e. The fraction of sp³-hybridized carbons (Fsp3) is 0.200. The molecule has 0 amide bonds. The molecule has 0 aliphatic heterocycles. The van der Waals surface area contributed by atoms with Crippen LogP contribution in [0.2, 0.25) is 0 Å². The molecule has 0 bridgehead atoms. The summed E-state index contributed by atoms with van der Waals surface area (Å²) in [7, 11) is -3.89. The number of hydrogen-bond donors (Lipinski definition) is 1. The summed E-state index contributed by atoms with van der Waals surface area (Å²) in [6.45, 7) is 0. The predicted octanol–water partition coefficient (Wildman–Crippen LogP) is 3.00. The highest BCUT2D eigenvalue weighted by Gasteiger charge is 2.34. The lowest BCUT2D eigenvalue weighted by Gasteiger charge is -2.21. The quantitative estimate of drug-likeness (QED) is 0.848. The number of hydroxylamine groups is 1. The molecule has 0 saturated heterocycles. The monoisotopic (exact) mass is 367 g/mol. The molecule has 4 nitrogen and oxygen atoms in total. The Hall–Kier alpha value is -1.21. The summed E-state index contributed by atoms with van der Waals surface area (Å²) in [5.41, 5.74) is 2.18. The molecule has 0 spiro atoms. The normalized spacial score (nSPS) is 15.4. The molecule has 0 aromatic heterocycles. The molecule has 1 aliphatic rings. The molecule has 0 heterocycles. The lowest BCUT2D eigenvalue weighted by molar-refractivity contribution is -0.0323. The van der Waals surface area contributed by atoms with Gasteiger partial charge in [-0.25, -0.2) is 8.42 Å². The molecule has 0 atom stereocenters. The van der Waals surface area contributed by atoms with Crippen molar-refractivity contribution in [1.82, 2.24) is 4.47 Å². The Labute approximate surface area is 132 Å². The fourth-order valence-electron chi connectivity index (χ4n) is 2.60. The first kappa shape index (κ1) is 14.7. The number of fused-ring (bicyclic) bond motifs is 1. The maximum absolute atomic E-state index is 12.4. The zero-order valence-electron chi connectivity index (χ0n) is 11.1. The summed E-state index contributed by atoms with van der Waals surface area (Å²) in [6.07, 6.45) is 1.06. The minimum absolute atomic E-state index is 0.0872. The second-order valence-electron chi connectivity index (χ2n) is 5.06. The Bertz CT molecular complexity index is 734. The van der Waals surface area contributed by atoms with E-state index in [1.807, 2.05) is 24.3 Å². The maximum atomic E-state index is 12.4. The molecular weight excluding hydrogens is 354 g/mol. The van der Waals surface area contributed by atoms with Gasteiger partial charge >= 0.3 is 0 Å². The van der Waals surface area contributed by atoms with Crippen LogP contribution in [-0.2, 0) is 22.9 Å². The van der Waals surface area contributed by atoms with E-state index in [2.05, 4.69) is 15.9 Å². The van der Waals surface area contributed by atoms with Crippen LogP contribution in [0.4, 0.5) is 0 Å². The van der Waals surface area contributed by atoms with Crippen molar-refractivity contribution in [1.29, 1.82) is 0 Å². The van der Waals surface area contributed by atoms with E-state index in [-0.39, 0.29) is 4.90 Å². The maximum Gasteiger partial charge on any atom is 0.265 e. The minimum atomic E-state index is -3.89. The van der Waals surface area contributed by atoms with E-state index < -0.39 is 16.1 Å². The third-order valence-electron chi connectivity index (χ3n) is 3.70. The topological polar surface area (TPSA) is 57.6 Å². The molecule has 0 unspecified atom stereocenters. The first-order valence-electron chi connectivity index (χ1n) is 6.54. The SMILES string of the molecule is O=S(=O)(c1ccc(Br)cc1)N(O)C1Cc2ccccc2C1. The number of halogens is 1. The van der Waals surface area contributed by atoms with Crippen molar-refractivity contribution in [2.75, 3.05) is 0 Å². The summed E-state index contributed by atoms with van der Waals surface area (Å²) < 4.78 is 26.2. The van der Waals surface area contributed by atoms with Gasteiger partial charge in [0.25, 0.3) is 10.0 Å². The van der Waals surface area contributed by atoms with Crippen molar-refractivity contribution in [2.45, 2.75) is 23.8 Å². The van der Waals surface area contributed by atoms with Crippen molar-refractivity contribution < 1.29 is 13.6 Å². The van der Waals surface area contributed by atoms with E-state index in [0.29, 0.717) is 17.3 Å². The van der Waals surface area contributed by atoms with Crippen LogP contribution in [-0.4, -0.2) is 24.1 Å². The summed E-state index contributed by atoms with van der Waals surface area (Å²) in [4.78, 5) is 0.0872. The number of nitrogens with zero attached hydrogens (tertiary/aromatic N) is 1. The van der Waals surface area contributed by atoms with Crippen LogP contribution in [0.3, 0.4) is 0 Å². The molecule has 110 valence electrons. The standard InChI is InChI=1S/C15H14BrNO3S/c16-13-5-7-15(8-6-13)21(19,20)17(18)14-9-11-3-1-2-4-12(11)10-14/h1-8,14,18H,9-10H2. The third-order valence-corrected chi connectivity index (χ3v) is 5.89. The van der Waals surface area contributed by atoms with Gasteiger partial charge in [0.05, 0.1) is 10.9 Å². The van der Waals surface area contributed by atoms with Crippen molar-refractivity contribution >= 4 is 26.0 Å². The molecule has 0 saturated carbocycles. The van der Waals surface area contributed by atoms with Crippen molar-refractivity contribution in [3.63, 3.8) is 0 Å². The van der Waals surface area contributed by atoms with Crippen molar-refractivity contribution in [2.24, 2.45) is 0 Å². The predicted molar refractivity (Wildman–Crippen MR) is 82.6 cm³/mol. The molecule has 1 aliphatic carbocycles. The molecule has 3 rings (SSSR count). The lowest BCUT2D eigenvalue weighted by atomic mass is 10.1. The molecule has 0 radical (unpaired) electrons. The van der Waals surface area contributed by atoms with Gasteiger partial charge in [0, 0.05) is 4.47 Å². The van der Waals surface area contributed by atoms with E-state index in [1.54, 1.807) is 12.1 Å². The Morgan fingerprint density at radius 1 is 1.00 bits per heavy atom. The van der Waals surface area contributed by atoms with Gasteiger partial charge in [0.15, 0.2) is 0 Å². The molecule has 0 fully saturated rings. The average molecular weight is 368 g/mol. The van der Waals surface area contributed by atoms with E-state index in [4.69, 9.17) is 0 Å². The van der Waals surface area contributed by atoms with E-state index >= 15 is 0 Å². The van der Waals surface area contributed by atoms with Gasteiger partial charge in [-0.1, -0.05) is 44.7 Å². The third kappa shape index (κ3) is 2.76. The first-order valence-corrected chi connectivity index (χ1v) is 8.77. The second kappa shape index (κ2) is 5.53. The highest BCUT2D eigenvalue weighted by atomic mass is 79.9. The van der Waals surface area contributed by atoms with E-state index in [0.717, 1.165) is 15.6 Å². The average Bonchev–Trinajstić information content (AvgIpc) is 2.90. The number of rotatable bonds is 3. The van der Waals surface area contributed by atoms with E-state index in [9.17, 15) is 13.6 Å². The Morgan fingerprint density at radius 3 is 2.05 bits per heavy atom. The van der Waals surface area contributed by atoms with E-state index in [1.165, 1.54) is 12.1 Å². The van der Waals surface area contributed by atoms with Crippen LogP contribution in [0, 0.1) is 0 Å². The van der Waals surface area contributed by atoms with Gasteiger partial charge in [-0.3, -0.25) is 5.21 Å². The molecule has 21 heavy (non-hydrogen) atoms. The van der Waals surface area contributed by atoms with Crippen molar-refractivity contribution in [3.8, 4) is 0 Å². The molecule has 6 heteroatoms. The first-order chi connectivity index (χ1) is 9.98. The Balaban J connectivity index is 1.86. The summed E-state index contributed by atoms with van der Waals surface area (Å²) in [5, 5.41) is 10.2. The lowest BCUT2D eigenvalue weighted by Crippen LogP contribution is -2.38. The molecular formula is C15H14BrNO3S. The highest BCUT2D eigenvalue weighted by Crippen LogP contribution is 2.28. The summed E-state index contributed by atoms with van der Waals surface area (Å²) in [6, 6.07) is 13.6. The van der Waals surface area contributed by atoms with Gasteiger partial charge in [0.2, 0.25) is 0 Å². The zero-order valence-corrected chi connectivity index (χ0v) is 13.5. The zero-order chi connectivity index (χ0) is 15.0. The number of hydrogen-bond acceptors (Lipinski definition) is 3. The van der Waals surface area contributed by atoms with Gasteiger partial charge in [0.1, 0.15) is 0 Å². The molecule has 2 aromatic carbocycles. The van der Waals surface area contributed by atoms with Gasteiger partial charge < -0.3 is 0 Å². The van der Waals surface area contributed by atoms with Gasteiger partial charge in [-0.15, -0.1) is 0 Å². The van der Waals surface area contributed by atoms with Gasteiger partial charge in [-0.2, -0.15) is 0 Å². The van der Waals surface area contributed by atoms with Crippen LogP contribution in [0.5, 0.6) is 0 Å².